The van der Waals surface area contributed by atoms with Crippen LogP contribution in [0.4, 0.5) is 5.69 Å². The number of para-hydroxylation sites is 3. The van der Waals surface area contributed by atoms with Gasteiger partial charge in [0.1, 0.15) is 0 Å². The number of methoxy groups -OCH3 is 1. The standard InChI is InChI=1S/C26H35N3O2S/c1-28(26-27-23-11-5-4-10-21(23)20-32-26)22-14-17-29(18-15-22)16-8-3-9-19-31-25-13-7-6-12-24(25)30-2/h4-7,10-13,22H,3,8-9,14-20H2,1-2H3. The summed E-state index contributed by atoms with van der Waals surface area (Å²) in [5, 5.41) is 1.18. The topological polar surface area (TPSA) is 37.3 Å². The van der Waals surface area contributed by atoms with Gasteiger partial charge in [0.15, 0.2) is 16.7 Å². The van der Waals surface area contributed by atoms with Crippen LogP contribution in [0.2, 0.25) is 0 Å². The van der Waals surface area contributed by atoms with E-state index in [-0.39, 0.29) is 0 Å². The fraction of sp³-hybridized carbons (Fsp3) is 0.500. The summed E-state index contributed by atoms with van der Waals surface area (Å²) in [6.07, 6.45) is 5.94. The van der Waals surface area contributed by atoms with Gasteiger partial charge in [-0.05, 0) is 62.4 Å². The molecule has 5 nitrogen and oxygen atoms in total. The van der Waals surface area contributed by atoms with Gasteiger partial charge in [-0.25, -0.2) is 4.99 Å². The number of nitrogens with zero attached hydrogens (tertiary/aromatic N) is 3. The van der Waals surface area contributed by atoms with E-state index in [0.717, 1.165) is 36.0 Å². The Kier molecular flexibility index (Phi) is 8.35. The summed E-state index contributed by atoms with van der Waals surface area (Å²) >= 11 is 1.87. The first-order chi connectivity index (χ1) is 15.7. The zero-order chi connectivity index (χ0) is 22.2. The highest BCUT2D eigenvalue weighted by atomic mass is 32.2. The van der Waals surface area contributed by atoms with Crippen molar-refractivity contribution < 1.29 is 9.47 Å². The molecular formula is C26H35N3O2S. The van der Waals surface area contributed by atoms with Crippen LogP contribution in [0.15, 0.2) is 53.5 Å². The Bertz CT molecular complexity index is 896. The third-order valence-electron chi connectivity index (χ3n) is 6.42. The maximum Gasteiger partial charge on any atom is 0.164 e. The molecule has 6 heteroatoms. The summed E-state index contributed by atoms with van der Waals surface area (Å²) in [7, 11) is 3.91. The van der Waals surface area contributed by atoms with Crippen molar-refractivity contribution >= 4 is 22.6 Å². The summed E-state index contributed by atoms with van der Waals surface area (Å²) in [5.74, 6) is 2.67. The second-order valence-electron chi connectivity index (χ2n) is 8.56. The fourth-order valence-corrected chi connectivity index (χ4v) is 5.47. The van der Waals surface area contributed by atoms with Crippen LogP contribution in [0.1, 0.15) is 37.7 Å². The van der Waals surface area contributed by atoms with E-state index in [0.29, 0.717) is 6.04 Å². The van der Waals surface area contributed by atoms with Gasteiger partial charge in [0.2, 0.25) is 0 Å². The first kappa shape index (κ1) is 23.0. The molecule has 2 heterocycles. The fourth-order valence-electron chi connectivity index (χ4n) is 4.42. The summed E-state index contributed by atoms with van der Waals surface area (Å²) in [6, 6.07) is 17.0. The quantitative estimate of drug-likeness (QED) is 0.464. The molecule has 0 spiro atoms. The second-order valence-corrected chi connectivity index (χ2v) is 9.50. The van der Waals surface area contributed by atoms with E-state index in [1.54, 1.807) is 7.11 Å². The number of rotatable bonds is 9. The third-order valence-corrected chi connectivity index (χ3v) is 7.51. The van der Waals surface area contributed by atoms with Gasteiger partial charge in [-0.3, -0.25) is 0 Å². The first-order valence-corrected chi connectivity index (χ1v) is 12.7. The van der Waals surface area contributed by atoms with Gasteiger partial charge in [0.25, 0.3) is 0 Å². The minimum atomic E-state index is 0.594. The maximum absolute atomic E-state index is 5.88. The molecule has 0 bridgehead atoms. The number of hydrogen-bond donors (Lipinski definition) is 0. The molecule has 172 valence electrons. The van der Waals surface area contributed by atoms with Gasteiger partial charge in [-0.1, -0.05) is 42.1 Å². The monoisotopic (exact) mass is 453 g/mol. The number of amidine groups is 1. The Morgan fingerprint density at radius 1 is 1.00 bits per heavy atom. The molecule has 32 heavy (non-hydrogen) atoms. The lowest BCUT2D eigenvalue weighted by molar-refractivity contribution is 0.163. The predicted octanol–water partition coefficient (Wildman–Crippen LogP) is 5.58. The Balaban J connectivity index is 1.12. The van der Waals surface area contributed by atoms with E-state index < -0.39 is 0 Å². The van der Waals surface area contributed by atoms with Crippen LogP contribution in [-0.2, 0) is 5.75 Å². The van der Waals surface area contributed by atoms with Crippen LogP contribution in [0.3, 0.4) is 0 Å². The maximum atomic E-state index is 5.88. The van der Waals surface area contributed by atoms with E-state index in [9.17, 15) is 0 Å². The number of ether oxygens (including phenoxy) is 2. The summed E-state index contributed by atoms with van der Waals surface area (Å²) in [4.78, 5) is 9.97. The molecule has 0 unspecified atom stereocenters. The molecule has 2 aromatic rings. The van der Waals surface area contributed by atoms with E-state index in [1.807, 2.05) is 36.0 Å². The van der Waals surface area contributed by atoms with Gasteiger partial charge >= 0.3 is 0 Å². The summed E-state index contributed by atoms with van der Waals surface area (Å²) in [6.45, 7) is 4.30. The van der Waals surface area contributed by atoms with Crippen LogP contribution in [0.25, 0.3) is 0 Å². The minimum Gasteiger partial charge on any atom is -0.493 e. The molecule has 2 aromatic carbocycles. The van der Waals surface area contributed by atoms with E-state index in [2.05, 4.69) is 41.1 Å². The normalized spacial score (nSPS) is 16.9. The zero-order valence-corrected chi connectivity index (χ0v) is 20.2. The molecule has 1 saturated heterocycles. The van der Waals surface area contributed by atoms with Crippen LogP contribution in [-0.4, -0.2) is 61.4 Å². The zero-order valence-electron chi connectivity index (χ0n) is 19.3. The smallest absolute Gasteiger partial charge is 0.164 e. The van der Waals surface area contributed by atoms with Crippen molar-refractivity contribution in [3.8, 4) is 11.5 Å². The predicted molar refractivity (Wildman–Crippen MR) is 134 cm³/mol. The molecule has 0 N–H and O–H groups in total. The lowest BCUT2D eigenvalue weighted by atomic mass is 10.0. The number of unbranched alkanes of at least 4 members (excludes halogenated alkanes) is 2. The molecular weight excluding hydrogens is 418 g/mol. The Labute approximate surface area is 196 Å². The highest BCUT2D eigenvalue weighted by Crippen LogP contribution is 2.33. The van der Waals surface area contributed by atoms with Crippen molar-refractivity contribution in [2.24, 2.45) is 4.99 Å². The third kappa shape index (κ3) is 5.99. The lowest BCUT2D eigenvalue weighted by Gasteiger charge is -2.38. The van der Waals surface area contributed by atoms with E-state index in [4.69, 9.17) is 14.5 Å². The molecule has 0 saturated carbocycles. The number of benzene rings is 2. The highest BCUT2D eigenvalue weighted by Gasteiger charge is 2.26. The van der Waals surface area contributed by atoms with Crippen molar-refractivity contribution in [3.63, 3.8) is 0 Å². The molecule has 0 amide bonds. The van der Waals surface area contributed by atoms with Crippen molar-refractivity contribution in [2.45, 2.75) is 43.9 Å². The number of piperidine rings is 1. The summed E-state index contributed by atoms with van der Waals surface area (Å²) < 4.78 is 11.2. The minimum absolute atomic E-state index is 0.594. The van der Waals surface area contributed by atoms with Crippen LogP contribution < -0.4 is 9.47 Å². The van der Waals surface area contributed by atoms with Crippen molar-refractivity contribution in [2.75, 3.05) is 40.4 Å². The number of fused-ring (bicyclic) bond motifs is 1. The average molecular weight is 454 g/mol. The van der Waals surface area contributed by atoms with Crippen molar-refractivity contribution in [3.05, 3.63) is 54.1 Å². The van der Waals surface area contributed by atoms with Crippen LogP contribution in [0, 0.1) is 0 Å². The van der Waals surface area contributed by atoms with Gasteiger partial charge in [0.05, 0.1) is 19.4 Å². The van der Waals surface area contributed by atoms with Gasteiger partial charge < -0.3 is 19.3 Å². The number of hydrogen-bond acceptors (Lipinski definition) is 6. The molecule has 1 fully saturated rings. The molecule has 0 aromatic heterocycles. The van der Waals surface area contributed by atoms with Crippen molar-refractivity contribution in [1.29, 1.82) is 0 Å². The van der Waals surface area contributed by atoms with Crippen LogP contribution in [0.5, 0.6) is 11.5 Å². The number of likely N-dealkylation sites (tertiary alicyclic amines) is 1. The van der Waals surface area contributed by atoms with E-state index >= 15 is 0 Å². The van der Waals surface area contributed by atoms with Crippen LogP contribution >= 0.6 is 11.8 Å². The van der Waals surface area contributed by atoms with Gasteiger partial charge in [0, 0.05) is 31.9 Å². The first-order valence-electron chi connectivity index (χ1n) is 11.7. The van der Waals surface area contributed by atoms with Gasteiger partial charge in [-0.15, -0.1) is 0 Å². The molecule has 2 aliphatic heterocycles. The number of aliphatic imine (C=N–C) groups is 1. The Hall–Kier alpha value is -2.18. The lowest BCUT2D eigenvalue weighted by Crippen LogP contribution is -2.45. The summed E-state index contributed by atoms with van der Waals surface area (Å²) in [5.41, 5.74) is 2.48. The largest absolute Gasteiger partial charge is 0.493 e. The number of thioether (sulfide) groups is 1. The second kappa shape index (κ2) is 11.6. The molecule has 0 atom stereocenters. The molecule has 4 rings (SSSR count). The molecule has 2 aliphatic rings. The SMILES string of the molecule is COc1ccccc1OCCCCCN1CCC(N(C)C2=Nc3ccccc3CS2)CC1. The molecule has 0 aliphatic carbocycles. The average Bonchev–Trinajstić information content (AvgIpc) is 2.86. The Morgan fingerprint density at radius 2 is 1.75 bits per heavy atom. The van der Waals surface area contributed by atoms with Gasteiger partial charge in [-0.2, -0.15) is 0 Å². The Morgan fingerprint density at radius 3 is 2.56 bits per heavy atom. The van der Waals surface area contributed by atoms with E-state index in [1.165, 1.54) is 56.0 Å². The highest BCUT2D eigenvalue weighted by molar-refractivity contribution is 8.13. The van der Waals surface area contributed by atoms with Crippen molar-refractivity contribution in [1.82, 2.24) is 9.80 Å². The molecule has 0 radical (unpaired) electrons.